The first-order valence-corrected chi connectivity index (χ1v) is 7.78. The van der Waals surface area contributed by atoms with Crippen molar-refractivity contribution in [3.8, 4) is 5.75 Å². The van der Waals surface area contributed by atoms with Crippen molar-refractivity contribution < 1.29 is 14.6 Å². The van der Waals surface area contributed by atoms with Gasteiger partial charge in [-0.2, -0.15) is 0 Å². The highest BCUT2D eigenvalue weighted by molar-refractivity contribution is 5.95. The molecule has 0 fully saturated rings. The Morgan fingerprint density at radius 2 is 2.21 bits per heavy atom. The van der Waals surface area contributed by atoms with E-state index in [9.17, 15) is 9.90 Å². The van der Waals surface area contributed by atoms with Crippen molar-refractivity contribution in [2.24, 2.45) is 0 Å². The third-order valence-electron chi connectivity index (χ3n) is 3.70. The number of H-pyrrole nitrogens is 1. The highest BCUT2D eigenvalue weighted by Gasteiger charge is 2.11. The van der Waals surface area contributed by atoms with Crippen LogP contribution in [-0.2, 0) is 17.8 Å². The smallest absolute Gasteiger partial charge is 0.228 e. The van der Waals surface area contributed by atoms with Gasteiger partial charge in [-0.25, -0.2) is 4.98 Å². The molecule has 3 rings (SSSR count). The van der Waals surface area contributed by atoms with Gasteiger partial charge in [0, 0.05) is 29.0 Å². The van der Waals surface area contributed by atoms with E-state index >= 15 is 0 Å². The van der Waals surface area contributed by atoms with Crippen LogP contribution in [0.15, 0.2) is 42.7 Å². The molecule has 3 N–H and O–H groups in total. The summed E-state index contributed by atoms with van der Waals surface area (Å²) in [6, 6.07) is 9.01. The summed E-state index contributed by atoms with van der Waals surface area (Å²) in [6.07, 6.45) is 3.75. The number of aliphatic hydroxyl groups is 1. The SMILES string of the molecule is CCOc1ccc(NC(=O)Cc2c[nH]c3ncccc23)cc1CO. The van der Waals surface area contributed by atoms with E-state index in [1.807, 2.05) is 19.1 Å². The van der Waals surface area contributed by atoms with E-state index in [0.717, 1.165) is 16.6 Å². The Morgan fingerprint density at radius 1 is 1.33 bits per heavy atom. The zero-order valence-corrected chi connectivity index (χ0v) is 13.4. The Hall–Kier alpha value is -2.86. The fourth-order valence-electron chi connectivity index (χ4n) is 2.61. The maximum atomic E-state index is 12.3. The number of benzene rings is 1. The first kappa shape index (κ1) is 16.0. The van der Waals surface area contributed by atoms with E-state index in [1.54, 1.807) is 30.6 Å². The molecule has 0 saturated carbocycles. The highest BCUT2D eigenvalue weighted by Crippen LogP contribution is 2.23. The van der Waals surface area contributed by atoms with Crippen LogP contribution in [0.1, 0.15) is 18.1 Å². The number of aromatic nitrogens is 2. The summed E-state index contributed by atoms with van der Waals surface area (Å²) in [5, 5.41) is 13.2. The van der Waals surface area contributed by atoms with Crippen molar-refractivity contribution in [3.05, 3.63) is 53.9 Å². The van der Waals surface area contributed by atoms with Crippen molar-refractivity contribution in [2.45, 2.75) is 20.0 Å². The van der Waals surface area contributed by atoms with E-state index < -0.39 is 0 Å². The highest BCUT2D eigenvalue weighted by atomic mass is 16.5. The zero-order valence-electron chi connectivity index (χ0n) is 13.4. The number of hydrogen-bond donors (Lipinski definition) is 3. The van der Waals surface area contributed by atoms with E-state index in [0.29, 0.717) is 23.6 Å². The van der Waals surface area contributed by atoms with Gasteiger partial charge in [0.15, 0.2) is 0 Å². The van der Waals surface area contributed by atoms with E-state index in [2.05, 4.69) is 15.3 Å². The van der Waals surface area contributed by atoms with Crippen LogP contribution in [0.2, 0.25) is 0 Å². The fourth-order valence-corrected chi connectivity index (χ4v) is 2.61. The summed E-state index contributed by atoms with van der Waals surface area (Å²) in [7, 11) is 0. The average molecular weight is 325 g/mol. The maximum absolute atomic E-state index is 12.3. The molecule has 1 aromatic carbocycles. The maximum Gasteiger partial charge on any atom is 0.228 e. The van der Waals surface area contributed by atoms with Crippen molar-refractivity contribution in [3.63, 3.8) is 0 Å². The summed E-state index contributed by atoms with van der Waals surface area (Å²) >= 11 is 0. The van der Waals surface area contributed by atoms with Crippen LogP contribution in [0.3, 0.4) is 0 Å². The molecule has 0 atom stereocenters. The number of fused-ring (bicyclic) bond motifs is 1. The van der Waals surface area contributed by atoms with E-state index in [4.69, 9.17) is 4.74 Å². The number of aromatic amines is 1. The van der Waals surface area contributed by atoms with Crippen molar-refractivity contribution in [1.82, 2.24) is 9.97 Å². The summed E-state index contributed by atoms with van der Waals surface area (Å²) in [4.78, 5) is 19.6. The van der Waals surface area contributed by atoms with Gasteiger partial charge in [0.1, 0.15) is 11.4 Å². The number of aliphatic hydroxyl groups excluding tert-OH is 1. The van der Waals surface area contributed by atoms with Crippen LogP contribution in [0, 0.1) is 0 Å². The molecule has 2 aromatic heterocycles. The van der Waals surface area contributed by atoms with Crippen LogP contribution in [0.25, 0.3) is 11.0 Å². The molecule has 6 heteroatoms. The van der Waals surface area contributed by atoms with E-state index in [-0.39, 0.29) is 18.9 Å². The lowest BCUT2D eigenvalue weighted by Crippen LogP contribution is -2.14. The second-order valence-corrected chi connectivity index (χ2v) is 5.35. The Kier molecular flexibility index (Phi) is 4.77. The van der Waals surface area contributed by atoms with Crippen LogP contribution in [0.5, 0.6) is 5.75 Å². The van der Waals surface area contributed by atoms with Gasteiger partial charge in [0.2, 0.25) is 5.91 Å². The number of hydrogen-bond acceptors (Lipinski definition) is 4. The molecule has 0 aliphatic rings. The average Bonchev–Trinajstić information content (AvgIpc) is 2.99. The van der Waals surface area contributed by atoms with E-state index in [1.165, 1.54) is 0 Å². The Balaban J connectivity index is 1.73. The second-order valence-electron chi connectivity index (χ2n) is 5.35. The van der Waals surface area contributed by atoms with Crippen LogP contribution >= 0.6 is 0 Å². The standard InChI is InChI=1S/C18H19N3O3/c1-2-24-16-6-5-14(8-13(16)11-22)21-17(23)9-12-10-20-18-15(12)4-3-7-19-18/h3-8,10,22H,2,9,11H2,1H3,(H,19,20)(H,21,23). The molecule has 0 aliphatic carbocycles. The summed E-state index contributed by atoms with van der Waals surface area (Å²) in [5.41, 5.74) is 2.93. The molecule has 2 heterocycles. The third kappa shape index (κ3) is 3.38. The monoisotopic (exact) mass is 325 g/mol. The summed E-state index contributed by atoms with van der Waals surface area (Å²) in [5.74, 6) is 0.494. The predicted molar refractivity (Wildman–Crippen MR) is 92.0 cm³/mol. The van der Waals surface area contributed by atoms with Crippen LogP contribution in [0.4, 0.5) is 5.69 Å². The molecule has 0 bridgehead atoms. The minimum absolute atomic E-state index is 0.132. The third-order valence-corrected chi connectivity index (χ3v) is 3.70. The molecular formula is C18H19N3O3. The number of rotatable bonds is 6. The molecule has 1 amide bonds. The van der Waals surface area contributed by atoms with Gasteiger partial charge in [-0.3, -0.25) is 4.79 Å². The predicted octanol–water partition coefficient (Wildman–Crippen LogP) is 2.64. The Morgan fingerprint density at radius 3 is 3.00 bits per heavy atom. The molecule has 6 nitrogen and oxygen atoms in total. The van der Waals surface area contributed by atoms with Crippen molar-refractivity contribution >= 4 is 22.6 Å². The lowest BCUT2D eigenvalue weighted by Gasteiger charge is -2.11. The molecule has 24 heavy (non-hydrogen) atoms. The van der Waals surface area contributed by atoms with Crippen molar-refractivity contribution in [2.75, 3.05) is 11.9 Å². The minimum atomic E-state index is -0.146. The van der Waals surface area contributed by atoms with Gasteiger partial charge in [-0.15, -0.1) is 0 Å². The zero-order chi connectivity index (χ0) is 16.9. The van der Waals surface area contributed by atoms with Gasteiger partial charge >= 0.3 is 0 Å². The van der Waals surface area contributed by atoms with Crippen LogP contribution in [-0.4, -0.2) is 27.6 Å². The first-order chi connectivity index (χ1) is 11.7. The number of pyridine rings is 1. The second kappa shape index (κ2) is 7.14. The number of carbonyl (C=O) groups is 1. The number of carbonyl (C=O) groups excluding carboxylic acids is 1. The molecular weight excluding hydrogens is 306 g/mol. The molecule has 0 aliphatic heterocycles. The fraction of sp³-hybridized carbons (Fsp3) is 0.222. The molecule has 0 unspecified atom stereocenters. The number of amides is 1. The number of ether oxygens (including phenoxy) is 1. The van der Waals surface area contributed by atoms with Crippen molar-refractivity contribution in [1.29, 1.82) is 0 Å². The largest absolute Gasteiger partial charge is 0.494 e. The van der Waals surface area contributed by atoms with Crippen LogP contribution < -0.4 is 10.1 Å². The van der Waals surface area contributed by atoms with Gasteiger partial charge < -0.3 is 20.1 Å². The Labute approximate surface area is 139 Å². The normalized spacial score (nSPS) is 10.8. The van der Waals surface area contributed by atoms with Gasteiger partial charge in [-0.1, -0.05) is 0 Å². The minimum Gasteiger partial charge on any atom is -0.494 e. The number of nitrogens with one attached hydrogen (secondary N) is 2. The lowest BCUT2D eigenvalue weighted by molar-refractivity contribution is -0.115. The summed E-state index contributed by atoms with van der Waals surface area (Å²) < 4.78 is 5.44. The lowest BCUT2D eigenvalue weighted by atomic mass is 10.1. The molecule has 3 aromatic rings. The summed E-state index contributed by atoms with van der Waals surface area (Å²) in [6.45, 7) is 2.26. The quantitative estimate of drug-likeness (QED) is 0.650. The molecule has 0 radical (unpaired) electrons. The molecule has 0 saturated heterocycles. The number of anilines is 1. The van der Waals surface area contributed by atoms with Gasteiger partial charge in [-0.05, 0) is 42.8 Å². The molecule has 124 valence electrons. The van der Waals surface area contributed by atoms with Gasteiger partial charge in [0.25, 0.3) is 0 Å². The molecule has 0 spiro atoms. The first-order valence-electron chi connectivity index (χ1n) is 7.78. The van der Waals surface area contributed by atoms with Gasteiger partial charge in [0.05, 0.1) is 19.6 Å². The number of nitrogens with zero attached hydrogens (tertiary/aromatic N) is 1. The topological polar surface area (TPSA) is 87.2 Å². The Bertz CT molecular complexity index is 858.